The van der Waals surface area contributed by atoms with Crippen LogP contribution in [0.1, 0.15) is 6.42 Å². The van der Waals surface area contributed by atoms with Crippen LogP contribution in [0.2, 0.25) is 0 Å². The first-order valence-electron chi connectivity index (χ1n) is 8.66. The molecule has 0 spiro atoms. The molecule has 1 amide bonds. The highest BCUT2D eigenvalue weighted by atomic mass is 32.2. The van der Waals surface area contributed by atoms with Crippen LogP contribution < -0.4 is 4.80 Å². The Hall–Kier alpha value is -3.18. The highest BCUT2D eigenvalue weighted by Crippen LogP contribution is 2.23. The van der Waals surface area contributed by atoms with Gasteiger partial charge in [-0.15, -0.1) is 6.58 Å². The topological polar surface area (TPSA) is 112 Å². The van der Waals surface area contributed by atoms with Gasteiger partial charge in [-0.2, -0.15) is 4.99 Å². The number of non-ortho nitro benzene ring substituents is 1. The Morgan fingerprint density at radius 2 is 1.97 bits per heavy atom. The zero-order chi connectivity index (χ0) is 21.9. The van der Waals surface area contributed by atoms with Gasteiger partial charge in [0.2, 0.25) is 5.91 Å². The number of allylic oxidation sites excluding steroid dienone is 1. The summed E-state index contributed by atoms with van der Waals surface area (Å²) in [5.41, 5.74) is 0.431. The number of rotatable bonds is 7. The second kappa shape index (κ2) is 8.67. The lowest BCUT2D eigenvalue weighted by molar-refractivity contribution is -0.384. The van der Waals surface area contributed by atoms with Crippen molar-refractivity contribution in [2.24, 2.45) is 4.99 Å². The molecule has 3 rings (SSSR count). The zero-order valence-electron chi connectivity index (χ0n) is 15.5. The molecule has 1 heterocycles. The Bertz CT molecular complexity index is 1310. The van der Waals surface area contributed by atoms with Crippen LogP contribution >= 0.6 is 11.3 Å². The number of carbonyl (C=O) groups excluding carboxylic acids is 1. The molecule has 0 aliphatic heterocycles. The van der Waals surface area contributed by atoms with Gasteiger partial charge in [0, 0.05) is 25.1 Å². The molecule has 2 aromatic carbocycles. The molecular formula is C19H16FN3O5S2. The number of benzene rings is 2. The van der Waals surface area contributed by atoms with E-state index in [1.54, 1.807) is 16.7 Å². The second-order valence-corrected chi connectivity index (χ2v) is 9.34. The summed E-state index contributed by atoms with van der Waals surface area (Å²) in [7, 11) is -3.77. The zero-order valence-corrected chi connectivity index (χ0v) is 17.2. The third-order valence-electron chi connectivity index (χ3n) is 4.17. The molecule has 0 unspecified atom stereocenters. The summed E-state index contributed by atoms with van der Waals surface area (Å²) in [4.78, 5) is 27.1. The summed E-state index contributed by atoms with van der Waals surface area (Å²) >= 11 is 1.16. The van der Waals surface area contributed by atoms with Gasteiger partial charge in [0.05, 0.1) is 25.8 Å². The smallest absolute Gasteiger partial charge is 0.271 e. The number of sulfone groups is 1. The molecule has 0 atom stereocenters. The fraction of sp³-hybridized carbons (Fsp3) is 0.158. The minimum absolute atomic E-state index is 0.0763. The van der Waals surface area contributed by atoms with Crippen molar-refractivity contribution in [2.45, 2.75) is 17.9 Å². The van der Waals surface area contributed by atoms with Gasteiger partial charge in [-0.05, 0) is 30.3 Å². The number of fused-ring (bicyclic) bond motifs is 1. The average Bonchev–Trinajstić information content (AvgIpc) is 3.03. The molecule has 156 valence electrons. The second-order valence-electron chi connectivity index (χ2n) is 6.22. The van der Waals surface area contributed by atoms with Crippen molar-refractivity contribution in [3.63, 3.8) is 0 Å². The van der Waals surface area contributed by atoms with Crippen LogP contribution in [0.15, 0.2) is 65.0 Å². The summed E-state index contributed by atoms with van der Waals surface area (Å²) < 4.78 is 39.9. The number of amides is 1. The molecule has 11 heteroatoms. The Morgan fingerprint density at radius 1 is 1.27 bits per heavy atom. The molecule has 0 radical (unpaired) electrons. The molecule has 0 saturated heterocycles. The van der Waals surface area contributed by atoms with Crippen LogP contribution in [0.3, 0.4) is 0 Å². The molecule has 8 nitrogen and oxygen atoms in total. The molecule has 0 saturated carbocycles. The lowest BCUT2D eigenvalue weighted by atomic mass is 10.3. The lowest BCUT2D eigenvalue weighted by Gasteiger charge is -2.03. The van der Waals surface area contributed by atoms with Crippen LogP contribution in [0.5, 0.6) is 0 Å². The van der Waals surface area contributed by atoms with E-state index >= 15 is 0 Å². The van der Waals surface area contributed by atoms with Crippen molar-refractivity contribution < 1.29 is 22.5 Å². The van der Waals surface area contributed by atoms with E-state index in [0.29, 0.717) is 10.2 Å². The van der Waals surface area contributed by atoms with E-state index in [2.05, 4.69) is 11.6 Å². The van der Waals surface area contributed by atoms with E-state index in [-0.39, 0.29) is 28.3 Å². The Balaban J connectivity index is 1.89. The van der Waals surface area contributed by atoms with Crippen molar-refractivity contribution in [3.05, 3.63) is 75.9 Å². The average molecular weight is 449 g/mol. The van der Waals surface area contributed by atoms with Crippen LogP contribution in [-0.2, 0) is 21.2 Å². The summed E-state index contributed by atoms with van der Waals surface area (Å²) in [6.07, 6.45) is 1.20. The first-order valence-corrected chi connectivity index (χ1v) is 11.1. The van der Waals surface area contributed by atoms with Crippen LogP contribution in [0.4, 0.5) is 10.1 Å². The number of thiazole rings is 1. The monoisotopic (exact) mass is 449 g/mol. The number of nitro groups is 1. The molecule has 1 aromatic heterocycles. The minimum Gasteiger partial charge on any atom is -0.312 e. The molecule has 30 heavy (non-hydrogen) atoms. The molecule has 0 fully saturated rings. The number of aromatic nitrogens is 1. The fourth-order valence-corrected chi connectivity index (χ4v) is 4.97. The van der Waals surface area contributed by atoms with E-state index in [0.717, 1.165) is 35.6 Å². The summed E-state index contributed by atoms with van der Waals surface area (Å²) in [6.45, 7) is 3.91. The number of nitro benzene ring substituents is 1. The van der Waals surface area contributed by atoms with Crippen LogP contribution in [-0.4, -0.2) is 29.6 Å². The molecule has 0 N–H and O–H groups in total. The largest absolute Gasteiger partial charge is 0.312 e. The summed E-state index contributed by atoms with van der Waals surface area (Å²) in [6, 6.07) is 8.67. The maximum atomic E-state index is 13.0. The fourth-order valence-electron chi connectivity index (χ4n) is 2.71. The SMILES string of the molecule is C=CCn1c(=NC(=O)CCS(=O)(=O)c2ccc(F)cc2)sc2ccc([N+](=O)[O-])cc21. The summed E-state index contributed by atoms with van der Waals surface area (Å²) in [5.74, 6) is -1.69. The maximum absolute atomic E-state index is 13.0. The first kappa shape index (κ1) is 21.5. The molecule has 0 bridgehead atoms. The van der Waals surface area contributed by atoms with E-state index in [1.165, 1.54) is 12.1 Å². The van der Waals surface area contributed by atoms with Gasteiger partial charge in [-0.1, -0.05) is 17.4 Å². The Labute approximate surface area is 174 Å². The Morgan fingerprint density at radius 3 is 2.60 bits per heavy atom. The number of halogens is 1. The van der Waals surface area contributed by atoms with E-state index in [4.69, 9.17) is 0 Å². The van der Waals surface area contributed by atoms with E-state index in [1.807, 2.05) is 0 Å². The highest BCUT2D eigenvalue weighted by molar-refractivity contribution is 7.91. The number of hydrogen-bond acceptors (Lipinski definition) is 6. The van der Waals surface area contributed by atoms with Crippen molar-refractivity contribution in [3.8, 4) is 0 Å². The van der Waals surface area contributed by atoms with Gasteiger partial charge in [0.1, 0.15) is 5.82 Å². The van der Waals surface area contributed by atoms with Crippen LogP contribution in [0, 0.1) is 15.9 Å². The lowest BCUT2D eigenvalue weighted by Crippen LogP contribution is -2.17. The van der Waals surface area contributed by atoms with Gasteiger partial charge < -0.3 is 4.57 Å². The molecule has 0 aliphatic carbocycles. The van der Waals surface area contributed by atoms with E-state index in [9.17, 15) is 27.7 Å². The number of nitrogens with zero attached hydrogens (tertiary/aromatic N) is 3. The van der Waals surface area contributed by atoms with Crippen molar-refractivity contribution >= 4 is 43.0 Å². The van der Waals surface area contributed by atoms with Crippen molar-refractivity contribution in [2.75, 3.05) is 5.75 Å². The number of carbonyl (C=O) groups is 1. The van der Waals surface area contributed by atoms with E-state index < -0.39 is 32.2 Å². The van der Waals surface area contributed by atoms with Gasteiger partial charge >= 0.3 is 0 Å². The third-order valence-corrected chi connectivity index (χ3v) is 6.96. The first-order chi connectivity index (χ1) is 14.2. The highest BCUT2D eigenvalue weighted by Gasteiger charge is 2.17. The van der Waals surface area contributed by atoms with Crippen molar-refractivity contribution in [1.82, 2.24) is 4.57 Å². The number of hydrogen-bond donors (Lipinski definition) is 0. The molecular weight excluding hydrogens is 433 g/mol. The molecule has 3 aromatic rings. The van der Waals surface area contributed by atoms with Crippen LogP contribution in [0.25, 0.3) is 10.2 Å². The maximum Gasteiger partial charge on any atom is 0.271 e. The van der Waals surface area contributed by atoms with Gasteiger partial charge in [0.15, 0.2) is 14.6 Å². The minimum atomic E-state index is -3.77. The van der Waals surface area contributed by atoms with Gasteiger partial charge in [-0.3, -0.25) is 14.9 Å². The Kier molecular flexibility index (Phi) is 6.22. The third kappa shape index (κ3) is 4.69. The summed E-state index contributed by atoms with van der Waals surface area (Å²) in [5, 5.41) is 11.0. The molecule has 0 aliphatic rings. The standard InChI is InChI=1S/C19H16FN3O5S2/c1-2-10-22-16-12-14(23(25)26)5-8-17(16)29-19(22)21-18(24)9-11-30(27,28)15-6-3-13(20)4-7-15/h2-8,12H,1,9-11H2. The van der Waals surface area contributed by atoms with Gasteiger partial charge in [-0.25, -0.2) is 12.8 Å². The van der Waals surface area contributed by atoms with Gasteiger partial charge in [0.25, 0.3) is 5.69 Å². The predicted molar refractivity (Wildman–Crippen MR) is 110 cm³/mol. The quantitative estimate of drug-likeness (QED) is 0.238. The van der Waals surface area contributed by atoms with Crippen molar-refractivity contribution in [1.29, 1.82) is 0 Å². The predicted octanol–water partition coefficient (Wildman–Crippen LogP) is 3.23. The normalized spacial score (nSPS) is 12.2.